The molecule has 0 unspecified atom stereocenters. The van der Waals surface area contributed by atoms with Crippen LogP contribution in [0.5, 0.6) is 0 Å². The summed E-state index contributed by atoms with van der Waals surface area (Å²) in [7, 11) is 0. The van der Waals surface area contributed by atoms with Crippen molar-refractivity contribution >= 4 is 17.5 Å². The number of carbonyl (C=O) groups excluding carboxylic acids is 2. The third-order valence-electron chi connectivity index (χ3n) is 2.40. The maximum Gasteiger partial charge on any atom is 0.269 e. The molecule has 0 N–H and O–H groups in total. The third-order valence-corrected chi connectivity index (χ3v) is 2.40. The molecule has 6 heteroatoms. The number of imide groups is 1. The van der Waals surface area contributed by atoms with Crippen molar-refractivity contribution in [1.29, 1.82) is 0 Å². The first kappa shape index (κ1) is 13.8. The molecule has 0 aliphatic heterocycles. The minimum Gasteiger partial charge on any atom is -0.276 e. The second-order valence-corrected chi connectivity index (χ2v) is 4.09. The Balaban J connectivity index is 3.03. The number of nitro groups is 1. The van der Waals surface area contributed by atoms with E-state index in [1.165, 1.54) is 31.2 Å². The summed E-state index contributed by atoms with van der Waals surface area (Å²) in [5.41, 5.74) is 0.162. The van der Waals surface area contributed by atoms with Crippen molar-refractivity contribution in [2.24, 2.45) is 0 Å². The normalized spacial score (nSPS) is 10.2. The molecule has 0 saturated carbocycles. The first-order valence-corrected chi connectivity index (χ1v) is 5.43. The van der Waals surface area contributed by atoms with Gasteiger partial charge in [-0.25, -0.2) is 0 Å². The van der Waals surface area contributed by atoms with Gasteiger partial charge in [0.2, 0.25) is 5.91 Å². The Hall–Kier alpha value is -2.24. The molecule has 1 aromatic rings. The van der Waals surface area contributed by atoms with E-state index in [0.29, 0.717) is 0 Å². The minimum atomic E-state index is -0.542. The number of hydrogen-bond acceptors (Lipinski definition) is 4. The SMILES string of the molecule is CC(=O)N(C(=O)c1ccc([N+](=O)[O-])cc1)C(C)C. The van der Waals surface area contributed by atoms with E-state index in [1.807, 2.05) is 0 Å². The molecule has 1 aromatic carbocycles. The highest BCUT2D eigenvalue weighted by Crippen LogP contribution is 2.14. The number of hydrogen-bond donors (Lipinski definition) is 0. The molecule has 0 aliphatic rings. The first-order chi connectivity index (χ1) is 8.34. The van der Waals surface area contributed by atoms with E-state index < -0.39 is 10.8 Å². The lowest BCUT2D eigenvalue weighted by Gasteiger charge is -2.23. The fourth-order valence-electron chi connectivity index (χ4n) is 1.61. The van der Waals surface area contributed by atoms with Gasteiger partial charge in [0.15, 0.2) is 0 Å². The van der Waals surface area contributed by atoms with Crippen molar-refractivity contribution in [3.8, 4) is 0 Å². The summed E-state index contributed by atoms with van der Waals surface area (Å²) in [5.74, 6) is -0.805. The average Bonchev–Trinajstić information content (AvgIpc) is 2.28. The largest absolute Gasteiger partial charge is 0.276 e. The Bertz CT molecular complexity index is 479. The Labute approximate surface area is 104 Å². The van der Waals surface area contributed by atoms with E-state index in [0.717, 1.165) is 4.90 Å². The highest BCUT2D eigenvalue weighted by atomic mass is 16.6. The number of nitro benzene ring substituents is 1. The Morgan fingerprint density at radius 2 is 1.72 bits per heavy atom. The van der Waals surface area contributed by atoms with Crippen molar-refractivity contribution in [2.45, 2.75) is 26.8 Å². The number of rotatable bonds is 3. The average molecular weight is 250 g/mol. The van der Waals surface area contributed by atoms with E-state index in [2.05, 4.69) is 0 Å². The summed E-state index contributed by atoms with van der Waals surface area (Å²) in [5, 5.41) is 10.5. The van der Waals surface area contributed by atoms with Crippen molar-refractivity contribution in [3.63, 3.8) is 0 Å². The summed E-state index contributed by atoms with van der Waals surface area (Å²) in [6.07, 6.45) is 0. The standard InChI is InChI=1S/C12H14N2O4/c1-8(2)13(9(3)15)12(16)10-4-6-11(7-5-10)14(17)18/h4-8H,1-3H3. The number of carbonyl (C=O) groups is 2. The third kappa shape index (κ3) is 2.91. The molecule has 0 heterocycles. The molecule has 0 saturated heterocycles. The van der Waals surface area contributed by atoms with Crippen LogP contribution in [0.3, 0.4) is 0 Å². The zero-order valence-electron chi connectivity index (χ0n) is 10.4. The summed E-state index contributed by atoms with van der Waals surface area (Å²) < 4.78 is 0. The molecule has 0 spiro atoms. The highest BCUT2D eigenvalue weighted by Gasteiger charge is 2.22. The predicted molar refractivity (Wildman–Crippen MR) is 65.1 cm³/mol. The molecule has 18 heavy (non-hydrogen) atoms. The van der Waals surface area contributed by atoms with Gasteiger partial charge in [0.1, 0.15) is 0 Å². The van der Waals surface area contributed by atoms with Crippen LogP contribution in [0.25, 0.3) is 0 Å². The summed E-state index contributed by atoms with van der Waals surface area (Å²) >= 11 is 0. The van der Waals surface area contributed by atoms with Crippen LogP contribution in [0.4, 0.5) is 5.69 Å². The summed E-state index contributed by atoms with van der Waals surface area (Å²) in [6, 6.07) is 4.92. The summed E-state index contributed by atoms with van der Waals surface area (Å²) in [6.45, 7) is 4.76. The maximum absolute atomic E-state index is 12.0. The number of nitrogens with zero attached hydrogens (tertiary/aromatic N) is 2. The molecule has 0 aromatic heterocycles. The van der Waals surface area contributed by atoms with Gasteiger partial charge in [-0.15, -0.1) is 0 Å². The van der Waals surface area contributed by atoms with E-state index in [-0.39, 0.29) is 23.2 Å². The van der Waals surface area contributed by atoms with Crippen LogP contribution >= 0.6 is 0 Å². The minimum absolute atomic E-state index is 0.0922. The maximum atomic E-state index is 12.0. The van der Waals surface area contributed by atoms with Crippen molar-refractivity contribution in [2.75, 3.05) is 0 Å². The molecular formula is C12H14N2O4. The fraction of sp³-hybridized carbons (Fsp3) is 0.333. The van der Waals surface area contributed by atoms with Crippen LogP contribution in [0.15, 0.2) is 24.3 Å². The molecule has 0 radical (unpaired) electrons. The van der Waals surface area contributed by atoms with Crippen LogP contribution in [-0.4, -0.2) is 27.7 Å². The molecule has 96 valence electrons. The Morgan fingerprint density at radius 3 is 2.06 bits per heavy atom. The van der Waals surface area contributed by atoms with Gasteiger partial charge in [0.25, 0.3) is 11.6 Å². The van der Waals surface area contributed by atoms with Gasteiger partial charge in [-0.1, -0.05) is 0 Å². The van der Waals surface area contributed by atoms with Crippen molar-refractivity contribution in [1.82, 2.24) is 4.90 Å². The van der Waals surface area contributed by atoms with Gasteiger partial charge in [0, 0.05) is 30.7 Å². The number of amides is 2. The molecule has 0 aliphatic carbocycles. The van der Waals surface area contributed by atoms with Crippen LogP contribution in [0, 0.1) is 10.1 Å². The Kier molecular flexibility index (Phi) is 4.14. The van der Waals surface area contributed by atoms with E-state index >= 15 is 0 Å². The zero-order valence-corrected chi connectivity index (χ0v) is 10.4. The highest BCUT2D eigenvalue weighted by molar-refractivity contribution is 6.04. The summed E-state index contributed by atoms with van der Waals surface area (Å²) in [4.78, 5) is 34.5. The van der Waals surface area contributed by atoms with Crippen molar-refractivity contribution in [3.05, 3.63) is 39.9 Å². The smallest absolute Gasteiger partial charge is 0.269 e. The molecule has 2 amide bonds. The molecule has 1 rings (SSSR count). The monoisotopic (exact) mass is 250 g/mol. The number of non-ortho nitro benzene ring substituents is 1. The lowest BCUT2D eigenvalue weighted by molar-refractivity contribution is -0.384. The molecule has 0 atom stereocenters. The quantitative estimate of drug-likeness (QED) is 0.607. The molecular weight excluding hydrogens is 236 g/mol. The van der Waals surface area contributed by atoms with E-state index in [4.69, 9.17) is 0 Å². The molecule has 0 fully saturated rings. The number of benzene rings is 1. The van der Waals surface area contributed by atoms with Crippen LogP contribution < -0.4 is 0 Å². The van der Waals surface area contributed by atoms with Crippen LogP contribution in [0.2, 0.25) is 0 Å². The predicted octanol–water partition coefficient (Wildman–Crippen LogP) is 1.99. The lowest BCUT2D eigenvalue weighted by Crippen LogP contribution is -2.40. The van der Waals surface area contributed by atoms with Gasteiger partial charge < -0.3 is 0 Å². The van der Waals surface area contributed by atoms with Crippen LogP contribution in [0.1, 0.15) is 31.1 Å². The zero-order chi connectivity index (χ0) is 13.9. The van der Waals surface area contributed by atoms with E-state index in [1.54, 1.807) is 13.8 Å². The van der Waals surface area contributed by atoms with Gasteiger partial charge in [0.05, 0.1) is 4.92 Å². The Morgan fingerprint density at radius 1 is 1.22 bits per heavy atom. The topological polar surface area (TPSA) is 80.5 Å². The van der Waals surface area contributed by atoms with E-state index in [9.17, 15) is 19.7 Å². The lowest BCUT2D eigenvalue weighted by atomic mass is 10.1. The van der Waals surface area contributed by atoms with Crippen molar-refractivity contribution < 1.29 is 14.5 Å². The van der Waals surface area contributed by atoms with Gasteiger partial charge in [-0.05, 0) is 26.0 Å². The van der Waals surface area contributed by atoms with Gasteiger partial charge in [-0.2, -0.15) is 0 Å². The van der Waals surface area contributed by atoms with Gasteiger partial charge in [-0.3, -0.25) is 24.6 Å². The van der Waals surface area contributed by atoms with Crippen LogP contribution in [-0.2, 0) is 4.79 Å². The first-order valence-electron chi connectivity index (χ1n) is 5.43. The molecule has 6 nitrogen and oxygen atoms in total. The second-order valence-electron chi connectivity index (χ2n) is 4.09. The van der Waals surface area contributed by atoms with Gasteiger partial charge >= 0.3 is 0 Å². The second kappa shape index (κ2) is 5.39. The fourth-order valence-corrected chi connectivity index (χ4v) is 1.61. The molecule has 0 bridgehead atoms.